The molecule has 0 atom stereocenters. The predicted molar refractivity (Wildman–Crippen MR) is 44.1 cm³/mol. The second-order valence-electron chi connectivity index (χ2n) is 2.17. The van der Waals surface area contributed by atoms with E-state index in [2.05, 4.69) is 5.43 Å². The highest BCUT2D eigenvalue weighted by Gasteiger charge is 2.21. The molecule has 0 unspecified atom stereocenters. The molecule has 62 valence electrons. The lowest BCUT2D eigenvalue weighted by molar-refractivity contribution is -0.122. The van der Waals surface area contributed by atoms with Crippen molar-refractivity contribution in [1.82, 2.24) is 10.4 Å². The van der Waals surface area contributed by atoms with Crippen LogP contribution in [-0.2, 0) is 4.79 Å². The first-order valence-corrected chi connectivity index (χ1v) is 4.00. The van der Waals surface area contributed by atoms with Crippen LogP contribution in [0.3, 0.4) is 0 Å². The highest BCUT2D eigenvalue weighted by Crippen LogP contribution is 2.18. The molecule has 0 spiro atoms. The van der Waals surface area contributed by atoms with Crippen molar-refractivity contribution in [3.8, 4) is 0 Å². The van der Waals surface area contributed by atoms with Crippen LogP contribution >= 0.6 is 23.2 Å². The quantitative estimate of drug-likeness (QED) is 0.677. The lowest BCUT2D eigenvalue weighted by atomic mass is 10.4. The lowest BCUT2D eigenvalue weighted by Gasteiger charge is -2.25. The Hall–Kier alpha value is -0.250. The number of hydrazine groups is 1. The molecule has 0 saturated heterocycles. The van der Waals surface area contributed by atoms with E-state index in [1.807, 2.05) is 6.92 Å². The van der Waals surface area contributed by atoms with Crippen LogP contribution in [0.4, 0.5) is 0 Å². The zero-order chi connectivity index (χ0) is 8.43. The van der Waals surface area contributed by atoms with Crippen LogP contribution in [0.1, 0.15) is 6.92 Å². The Morgan fingerprint density at radius 1 is 1.64 bits per heavy atom. The van der Waals surface area contributed by atoms with E-state index in [4.69, 9.17) is 23.2 Å². The molecule has 0 aromatic rings. The van der Waals surface area contributed by atoms with Gasteiger partial charge in [0.05, 0.1) is 11.6 Å². The summed E-state index contributed by atoms with van der Waals surface area (Å²) < 4.78 is 0. The van der Waals surface area contributed by atoms with Gasteiger partial charge in [0.25, 0.3) is 5.91 Å². The Morgan fingerprint density at radius 2 is 2.27 bits per heavy atom. The number of nitrogens with zero attached hydrogens (tertiary/aromatic N) is 1. The second kappa shape index (κ2) is 3.43. The molecule has 3 nitrogen and oxygen atoms in total. The third-order valence-electron chi connectivity index (χ3n) is 1.41. The van der Waals surface area contributed by atoms with E-state index >= 15 is 0 Å². The number of rotatable bonds is 1. The molecule has 0 fully saturated rings. The summed E-state index contributed by atoms with van der Waals surface area (Å²) in [7, 11) is 0. The summed E-state index contributed by atoms with van der Waals surface area (Å²) in [6.45, 7) is 3.12. The third-order valence-corrected chi connectivity index (χ3v) is 2.21. The molecule has 1 heterocycles. The standard InChI is InChI=1S/C6H8Cl2N2O/c1-2-10-3-4(7)5(8)6(11)9-10/h2-3H2,1H3,(H,9,11). The highest BCUT2D eigenvalue weighted by molar-refractivity contribution is 6.48. The molecule has 5 heteroatoms. The number of likely N-dealkylation sites (N-methyl/N-ethyl adjacent to an activating group) is 1. The first-order valence-electron chi connectivity index (χ1n) is 3.25. The summed E-state index contributed by atoms with van der Waals surface area (Å²) in [5.41, 5.74) is 2.57. The molecule has 1 N–H and O–H groups in total. The molecule has 0 aromatic heterocycles. The topological polar surface area (TPSA) is 32.3 Å². The summed E-state index contributed by atoms with van der Waals surface area (Å²) in [5, 5.41) is 2.19. The van der Waals surface area contributed by atoms with Crippen LogP contribution in [0.15, 0.2) is 10.1 Å². The first-order chi connectivity index (χ1) is 5.15. The number of hydrogen-bond donors (Lipinski definition) is 1. The van der Waals surface area contributed by atoms with Gasteiger partial charge in [0, 0.05) is 6.54 Å². The van der Waals surface area contributed by atoms with Crippen LogP contribution < -0.4 is 5.43 Å². The van der Waals surface area contributed by atoms with Gasteiger partial charge in [-0.15, -0.1) is 0 Å². The maximum Gasteiger partial charge on any atom is 0.278 e. The average Bonchev–Trinajstić information content (AvgIpc) is 1.99. The van der Waals surface area contributed by atoms with Gasteiger partial charge in [-0.25, -0.2) is 5.01 Å². The van der Waals surface area contributed by atoms with Gasteiger partial charge in [-0.1, -0.05) is 30.1 Å². The number of halogens is 2. The Balaban J connectivity index is 2.76. The third kappa shape index (κ3) is 1.86. The minimum atomic E-state index is -0.329. The molecule has 1 aliphatic heterocycles. The van der Waals surface area contributed by atoms with Crippen molar-refractivity contribution in [3.63, 3.8) is 0 Å². The molecule has 1 amide bonds. The largest absolute Gasteiger partial charge is 0.284 e. The predicted octanol–water partition coefficient (Wildman–Crippen LogP) is 1.04. The van der Waals surface area contributed by atoms with Crippen LogP contribution in [0.2, 0.25) is 0 Å². The molecular weight excluding hydrogens is 187 g/mol. The fourth-order valence-corrected chi connectivity index (χ4v) is 1.12. The number of nitrogens with one attached hydrogen (secondary N) is 1. The van der Waals surface area contributed by atoms with Crippen molar-refractivity contribution in [2.75, 3.05) is 13.1 Å². The highest BCUT2D eigenvalue weighted by atomic mass is 35.5. The fraction of sp³-hybridized carbons (Fsp3) is 0.500. The zero-order valence-corrected chi connectivity index (χ0v) is 7.54. The lowest BCUT2D eigenvalue weighted by Crippen LogP contribution is -2.46. The van der Waals surface area contributed by atoms with E-state index in [9.17, 15) is 4.79 Å². The Morgan fingerprint density at radius 3 is 2.73 bits per heavy atom. The zero-order valence-electron chi connectivity index (χ0n) is 6.03. The van der Waals surface area contributed by atoms with Crippen molar-refractivity contribution < 1.29 is 4.79 Å². The molecule has 0 aromatic carbocycles. The summed E-state index contributed by atoms with van der Waals surface area (Å²) in [6, 6.07) is 0. The molecule has 1 rings (SSSR count). The van der Waals surface area contributed by atoms with Crippen molar-refractivity contribution in [3.05, 3.63) is 10.1 Å². The maximum atomic E-state index is 10.9. The summed E-state index contributed by atoms with van der Waals surface area (Å²) in [5.74, 6) is -0.329. The average molecular weight is 195 g/mol. The molecule has 0 radical (unpaired) electrons. The minimum absolute atomic E-state index is 0.0939. The van der Waals surface area contributed by atoms with Gasteiger partial charge in [0.2, 0.25) is 0 Å². The van der Waals surface area contributed by atoms with E-state index in [-0.39, 0.29) is 10.9 Å². The van der Waals surface area contributed by atoms with Gasteiger partial charge in [-0.2, -0.15) is 0 Å². The molecule has 0 saturated carbocycles. The molecule has 11 heavy (non-hydrogen) atoms. The van der Waals surface area contributed by atoms with E-state index < -0.39 is 0 Å². The van der Waals surface area contributed by atoms with Crippen molar-refractivity contribution in [2.24, 2.45) is 0 Å². The van der Waals surface area contributed by atoms with Crippen LogP contribution in [0.25, 0.3) is 0 Å². The minimum Gasteiger partial charge on any atom is -0.284 e. The Bertz CT molecular complexity index is 215. The number of amides is 1. The van der Waals surface area contributed by atoms with Crippen molar-refractivity contribution in [2.45, 2.75) is 6.92 Å². The smallest absolute Gasteiger partial charge is 0.278 e. The van der Waals surface area contributed by atoms with E-state index in [1.54, 1.807) is 5.01 Å². The fourth-order valence-electron chi connectivity index (χ4n) is 0.783. The number of carbonyl (C=O) groups is 1. The van der Waals surface area contributed by atoms with E-state index in [0.717, 1.165) is 0 Å². The van der Waals surface area contributed by atoms with Crippen molar-refractivity contribution in [1.29, 1.82) is 0 Å². The first kappa shape index (κ1) is 8.84. The molecule has 0 aliphatic carbocycles. The SMILES string of the molecule is CCN1CC(Cl)=C(Cl)C(=O)N1. The summed E-state index contributed by atoms with van der Waals surface area (Å²) >= 11 is 11.2. The Labute approximate surface area is 74.9 Å². The molecular formula is C6H8Cl2N2O. The summed E-state index contributed by atoms with van der Waals surface area (Å²) in [4.78, 5) is 10.9. The van der Waals surface area contributed by atoms with Crippen LogP contribution in [0.5, 0.6) is 0 Å². The van der Waals surface area contributed by atoms with E-state index in [0.29, 0.717) is 18.1 Å². The number of hydrogen-bond acceptors (Lipinski definition) is 2. The van der Waals surface area contributed by atoms with Gasteiger partial charge in [0.1, 0.15) is 5.03 Å². The second-order valence-corrected chi connectivity index (χ2v) is 3.01. The van der Waals surface area contributed by atoms with Gasteiger partial charge >= 0.3 is 0 Å². The molecule has 0 bridgehead atoms. The van der Waals surface area contributed by atoms with Crippen molar-refractivity contribution >= 4 is 29.1 Å². The Kier molecular flexibility index (Phi) is 2.76. The van der Waals surface area contributed by atoms with Crippen LogP contribution in [0, 0.1) is 0 Å². The van der Waals surface area contributed by atoms with Gasteiger partial charge in [-0.3, -0.25) is 10.2 Å². The van der Waals surface area contributed by atoms with E-state index in [1.165, 1.54) is 0 Å². The van der Waals surface area contributed by atoms with Gasteiger partial charge in [-0.05, 0) is 0 Å². The summed E-state index contributed by atoms with van der Waals surface area (Å²) in [6.07, 6.45) is 0. The van der Waals surface area contributed by atoms with Gasteiger partial charge < -0.3 is 0 Å². The monoisotopic (exact) mass is 194 g/mol. The van der Waals surface area contributed by atoms with Crippen LogP contribution in [-0.4, -0.2) is 24.0 Å². The normalized spacial score (nSPS) is 20.5. The maximum absolute atomic E-state index is 10.9. The number of carbonyl (C=O) groups excluding carboxylic acids is 1. The molecule has 1 aliphatic rings. The van der Waals surface area contributed by atoms with Gasteiger partial charge in [0.15, 0.2) is 0 Å².